The van der Waals surface area contributed by atoms with Crippen LogP contribution in [0.2, 0.25) is 0 Å². The van der Waals surface area contributed by atoms with Crippen molar-refractivity contribution >= 4 is 21.6 Å². The molecule has 0 radical (unpaired) electrons. The largest absolute Gasteiger partial charge is 0.407 e. The summed E-state index contributed by atoms with van der Waals surface area (Å²) in [7, 11) is -3.42. The summed E-state index contributed by atoms with van der Waals surface area (Å²) in [6.07, 6.45) is 3.47. The Bertz CT molecular complexity index is 1040. The van der Waals surface area contributed by atoms with E-state index in [4.69, 9.17) is 4.74 Å². The van der Waals surface area contributed by atoms with E-state index in [0.717, 1.165) is 12.7 Å². The van der Waals surface area contributed by atoms with Gasteiger partial charge in [-0.2, -0.15) is 5.10 Å². The monoisotopic (exact) mass is 406 g/mol. The molecule has 0 bridgehead atoms. The third kappa shape index (κ3) is 4.16. The van der Waals surface area contributed by atoms with Gasteiger partial charge in [0.05, 0.1) is 11.1 Å². The van der Waals surface area contributed by atoms with Crippen molar-refractivity contribution in [3.8, 4) is 5.88 Å². The van der Waals surface area contributed by atoms with Crippen molar-refractivity contribution in [1.29, 1.82) is 0 Å². The molecule has 152 valence electrons. The van der Waals surface area contributed by atoms with Gasteiger partial charge in [0.2, 0.25) is 5.88 Å². The van der Waals surface area contributed by atoms with Gasteiger partial charge in [-0.3, -0.25) is 9.59 Å². The second kappa shape index (κ2) is 8.26. The standard InChI is InChI=1S/C20H26N2O5S/c1-7-9-22-20(27-17(23)8-2)16(11-21-22)18(24)15-10-12(3)19(28(6,25)26)14(5)13(15)4/h10-11H,7-9H2,1-6H3. The first kappa shape index (κ1) is 21.8. The van der Waals surface area contributed by atoms with Crippen molar-refractivity contribution in [3.05, 3.63) is 40.1 Å². The van der Waals surface area contributed by atoms with Crippen LogP contribution in [0.1, 0.15) is 59.3 Å². The molecule has 0 saturated heterocycles. The highest BCUT2D eigenvalue weighted by molar-refractivity contribution is 7.90. The van der Waals surface area contributed by atoms with Crippen molar-refractivity contribution in [1.82, 2.24) is 9.78 Å². The van der Waals surface area contributed by atoms with E-state index in [2.05, 4.69) is 5.10 Å². The summed E-state index contributed by atoms with van der Waals surface area (Å²) in [5.74, 6) is -0.686. The Hall–Kier alpha value is -2.48. The summed E-state index contributed by atoms with van der Waals surface area (Å²) in [5, 5.41) is 4.19. The van der Waals surface area contributed by atoms with Crippen molar-refractivity contribution in [3.63, 3.8) is 0 Å². The predicted octanol–water partition coefficient (Wildman–Crippen LogP) is 3.17. The molecule has 7 nitrogen and oxygen atoms in total. The molecule has 0 aliphatic heterocycles. The van der Waals surface area contributed by atoms with E-state index in [0.29, 0.717) is 28.8 Å². The Balaban J connectivity index is 2.63. The van der Waals surface area contributed by atoms with E-state index >= 15 is 0 Å². The number of hydrogen-bond donors (Lipinski definition) is 0. The van der Waals surface area contributed by atoms with Gasteiger partial charge in [0.15, 0.2) is 15.6 Å². The number of nitrogens with zero attached hydrogens (tertiary/aromatic N) is 2. The predicted molar refractivity (Wildman–Crippen MR) is 106 cm³/mol. The summed E-state index contributed by atoms with van der Waals surface area (Å²) >= 11 is 0. The molecule has 0 atom stereocenters. The van der Waals surface area contributed by atoms with Crippen LogP contribution in [0.5, 0.6) is 5.88 Å². The normalized spacial score (nSPS) is 11.5. The van der Waals surface area contributed by atoms with Gasteiger partial charge >= 0.3 is 5.97 Å². The van der Waals surface area contributed by atoms with Gasteiger partial charge in [0.1, 0.15) is 5.56 Å². The van der Waals surface area contributed by atoms with Crippen LogP contribution in [-0.4, -0.2) is 36.2 Å². The molecular formula is C20H26N2O5S. The lowest BCUT2D eigenvalue weighted by Crippen LogP contribution is -2.15. The van der Waals surface area contributed by atoms with Crippen LogP contribution in [0.4, 0.5) is 0 Å². The summed E-state index contributed by atoms with van der Waals surface area (Å²) < 4.78 is 31.1. The quantitative estimate of drug-likeness (QED) is 0.518. The number of carbonyl (C=O) groups is 2. The molecule has 0 aliphatic rings. The van der Waals surface area contributed by atoms with E-state index in [1.165, 1.54) is 10.9 Å². The van der Waals surface area contributed by atoms with Crippen LogP contribution in [-0.2, 0) is 21.2 Å². The number of aryl methyl sites for hydroxylation is 2. The number of aromatic nitrogens is 2. The summed E-state index contributed by atoms with van der Waals surface area (Å²) in [5.41, 5.74) is 2.17. The first-order valence-electron chi connectivity index (χ1n) is 9.14. The van der Waals surface area contributed by atoms with Crippen molar-refractivity contribution in [2.75, 3.05) is 6.26 Å². The van der Waals surface area contributed by atoms with Gasteiger partial charge < -0.3 is 4.74 Å². The Labute approximate surface area is 165 Å². The highest BCUT2D eigenvalue weighted by Crippen LogP contribution is 2.30. The van der Waals surface area contributed by atoms with E-state index in [1.807, 2.05) is 6.92 Å². The number of hydrogen-bond acceptors (Lipinski definition) is 6. The number of sulfone groups is 1. The lowest BCUT2D eigenvalue weighted by atomic mass is 9.95. The fourth-order valence-corrected chi connectivity index (χ4v) is 4.55. The molecule has 2 rings (SSSR count). The lowest BCUT2D eigenvalue weighted by molar-refractivity contribution is -0.134. The first-order valence-corrected chi connectivity index (χ1v) is 11.0. The third-order valence-corrected chi connectivity index (χ3v) is 5.98. The third-order valence-electron chi connectivity index (χ3n) is 4.61. The molecule has 1 aromatic heterocycles. The smallest absolute Gasteiger partial charge is 0.312 e. The van der Waals surface area contributed by atoms with Crippen LogP contribution in [0.25, 0.3) is 0 Å². The first-order chi connectivity index (χ1) is 13.0. The minimum Gasteiger partial charge on any atom is -0.407 e. The molecule has 0 aliphatic carbocycles. The van der Waals surface area contributed by atoms with Crippen molar-refractivity contribution in [2.24, 2.45) is 0 Å². The lowest BCUT2D eigenvalue weighted by Gasteiger charge is -2.15. The average Bonchev–Trinajstić information content (AvgIpc) is 2.99. The van der Waals surface area contributed by atoms with Crippen LogP contribution in [0, 0.1) is 20.8 Å². The molecular weight excluding hydrogens is 380 g/mol. The second-order valence-corrected chi connectivity index (χ2v) is 8.79. The highest BCUT2D eigenvalue weighted by atomic mass is 32.2. The van der Waals surface area contributed by atoms with E-state index in [9.17, 15) is 18.0 Å². The minimum atomic E-state index is -3.42. The Morgan fingerprint density at radius 3 is 2.29 bits per heavy atom. The molecule has 2 aromatic rings. The highest BCUT2D eigenvalue weighted by Gasteiger charge is 2.26. The second-order valence-electron chi connectivity index (χ2n) is 6.84. The summed E-state index contributed by atoms with van der Waals surface area (Å²) in [6, 6.07) is 1.57. The maximum atomic E-state index is 13.2. The molecule has 0 fully saturated rings. The fourth-order valence-electron chi connectivity index (χ4n) is 3.20. The van der Waals surface area contributed by atoms with Gasteiger partial charge in [-0.15, -0.1) is 0 Å². The molecule has 28 heavy (non-hydrogen) atoms. The number of benzene rings is 1. The van der Waals surface area contributed by atoms with Gasteiger partial charge in [0.25, 0.3) is 0 Å². The van der Waals surface area contributed by atoms with E-state index < -0.39 is 15.8 Å². The van der Waals surface area contributed by atoms with Crippen LogP contribution >= 0.6 is 0 Å². The molecule has 0 spiro atoms. The zero-order chi connectivity index (χ0) is 21.2. The minimum absolute atomic E-state index is 0.126. The number of ketones is 1. The van der Waals surface area contributed by atoms with Gasteiger partial charge in [0, 0.05) is 24.8 Å². The van der Waals surface area contributed by atoms with Crippen LogP contribution < -0.4 is 4.74 Å². The zero-order valence-corrected chi connectivity index (χ0v) is 17.9. The molecule has 1 heterocycles. The summed E-state index contributed by atoms with van der Waals surface area (Å²) in [6.45, 7) is 9.20. The summed E-state index contributed by atoms with van der Waals surface area (Å²) in [4.78, 5) is 25.3. The topological polar surface area (TPSA) is 95.3 Å². The number of carbonyl (C=O) groups excluding carboxylic acids is 2. The molecule has 1 aromatic carbocycles. The molecule has 0 saturated carbocycles. The number of esters is 1. The van der Waals surface area contributed by atoms with E-state index in [1.54, 1.807) is 33.8 Å². The average molecular weight is 407 g/mol. The fraction of sp³-hybridized carbons (Fsp3) is 0.450. The maximum Gasteiger partial charge on any atom is 0.312 e. The number of ether oxygens (including phenoxy) is 1. The zero-order valence-electron chi connectivity index (χ0n) is 17.1. The van der Waals surface area contributed by atoms with E-state index in [-0.39, 0.29) is 28.5 Å². The van der Waals surface area contributed by atoms with Gasteiger partial charge in [-0.05, 0) is 49.9 Å². The Morgan fingerprint density at radius 2 is 1.75 bits per heavy atom. The van der Waals surface area contributed by atoms with Crippen molar-refractivity contribution in [2.45, 2.75) is 58.9 Å². The molecule has 8 heteroatoms. The Kier molecular flexibility index (Phi) is 6.44. The molecule has 0 amide bonds. The SMILES string of the molecule is CCCn1ncc(C(=O)c2cc(C)c(S(C)(=O)=O)c(C)c2C)c1OC(=O)CC. The van der Waals surface area contributed by atoms with Crippen LogP contribution in [0.15, 0.2) is 17.2 Å². The van der Waals surface area contributed by atoms with Gasteiger partial charge in [-0.1, -0.05) is 13.8 Å². The van der Waals surface area contributed by atoms with Crippen molar-refractivity contribution < 1.29 is 22.7 Å². The van der Waals surface area contributed by atoms with Gasteiger partial charge in [-0.25, -0.2) is 13.1 Å². The Morgan fingerprint density at radius 1 is 1.11 bits per heavy atom. The molecule has 0 unspecified atom stereocenters. The molecule has 0 N–H and O–H groups in total. The van der Waals surface area contributed by atoms with Crippen LogP contribution in [0.3, 0.4) is 0 Å². The number of rotatable bonds is 7. The maximum absolute atomic E-state index is 13.2.